The molecule has 7 heteroatoms. The monoisotopic (exact) mass is 418 g/mol. The lowest BCUT2D eigenvalue weighted by Crippen LogP contribution is -2.41. The highest BCUT2D eigenvalue weighted by atomic mass is 32.1. The smallest absolute Gasteiger partial charge is 0.266 e. The number of nitrogens with zero attached hydrogens (tertiary/aromatic N) is 3. The van der Waals surface area contributed by atoms with Crippen molar-refractivity contribution in [3.8, 4) is 0 Å². The molecule has 1 atom stereocenters. The average molecular weight is 419 g/mol. The van der Waals surface area contributed by atoms with Gasteiger partial charge in [-0.15, -0.1) is 11.3 Å². The molecular formula is C23H22N4O2S. The van der Waals surface area contributed by atoms with Crippen molar-refractivity contribution in [2.24, 2.45) is 0 Å². The topological polar surface area (TPSA) is 70.5 Å². The van der Waals surface area contributed by atoms with Crippen LogP contribution in [0.2, 0.25) is 0 Å². The van der Waals surface area contributed by atoms with Crippen LogP contribution in [0.4, 0.5) is 0 Å². The van der Waals surface area contributed by atoms with Crippen LogP contribution in [0.1, 0.15) is 39.0 Å². The number of H-pyrrole nitrogens is 1. The van der Waals surface area contributed by atoms with E-state index in [-0.39, 0.29) is 23.9 Å². The van der Waals surface area contributed by atoms with Crippen molar-refractivity contribution in [1.82, 2.24) is 19.5 Å². The molecule has 0 radical (unpaired) electrons. The predicted molar refractivity (Wildman–Crippen MR) is 117 cm³/mol. The van der Waals surface area contributed by atoms with Gasteiger partial charge in [0, 0.05) is 34.4 Å². The molecule has 4 aromatic rings. The molecule has 1 aliphatic rings. The Bertz CT molecular complexity index is 1300. The average Bonchev–Trinajstić information content (AvgIpc) is 3.36. The summed E-state index contributed by atoms with van der Waals surface area (Å²) < 4.78 is 1.67. The third-order valence-electron chi connectivity index (χ3n) is 5.93. The van der Waals surface area contributed by atoms with E-state index in [2.05, 4.69) is 33.7 Å². The summed E-state index contributed by atoms with van der Waals surface area (Å²) in [6.07, 6.45) is 1.13. The summed E-state index contributed by atoms with van der Waals surface area (Å²) in [5.74, 6) is 0.0718. The zero-order valence-corrected chi connectivity index (χ0v) is 17.7. The largest absolute Gasteiger partial charge is 0.331 e. The summed E-state index contributed by atoms with van der Waals surface area (Å²) in [6.45, 7) is 4.51. The number of fused-ring (bicyclic) bond motifs is 2. The number of hydrogen-bond acceptors (Lipinski definition) is 4. The molecule has 6 nitrogen and oxygen atoms in total. The van der Waals surface area contributed by atoms with Crippen LogP contribution in [0.3, 0.4) is 0 Å². The molecule has 1 aliphatic heterocycles. The molecule has 0 spiro atoms. The second-order valence-electron chi connectivity index (χ2n) is 7.70. The number of aryl methyl sites for hydroxylation is 2. The Morgan fingerprint density at radius 3 is 2.83 bits per heavy atom. The zero-order chi connectivity index (χ0) is 20.8. The van der Waals surface area contributed by atoms with Crippen LogP contribution < -0.4 is 5.56 Å². The summed E-state index contributed by atoms with van der Waals surface area (Å²) in [4.78, 5) is 33.2. The third kappa shape index (κ3) is 3.06. The lowest BCUT2D eigenvalue weighted by Gasteiger charge is -2.36. The normalized spacial score (nSPS) is 16.1. The number of hydrogen-bond donors (Lipinski definition) is 1. The number of carbonyl (C=O) groups excluding carboxylic acids is 1. The molecule has 0 fully saturated rings. The van der Waals surface area contributed by atoms with Crippen LogP contribution in [-0.4, -0.2) is 31.9 Å². The van der Waals surface area contributed by atoms with E-state index in [0.717, 1.165) is 28.9 Å². The standard InChI is InChI=1S/C23H22N4O2S/c1-14-18(15(2)27-20(24-14)13-21(28)25-27)12-22(29)26-10-8-19-17(9-11-30-19)23(26)16-6-4-3-5-7-16/h3-7,9,11,13,23H,8,10,12H2,1-2H3,(H,25,28). The number of nitrogens with one attached hydrogen (secondary N) is 1. The minimum absolute atomic E-state index is 0.0718. The highest BCUT2D eigenvalue weighted by molar-refractivity contribution is 7.10. The van der Waals surface area contributed by atoms with E-state index in [9.17, 15) is 9.59 Å². The maximum atomic E-state index is 13.5. The lowest BCUT2D eigenvalue weighted by molar-refractivity contribution is -0.132. The zero-order valence-electron chi connectivity index (χ0n) is 16.9. The van der Waals surface area contributed by atoms with Gasteiger partial charge in [-0.3, -0.25) is 14.7 Å². The number of rotatable bonds is 3. The molecule has 1 aromatic carbocycles. The second-order valence-corrected chi connectivity index (χ2v) is 8.70. The molecule has 152 valence electrons. The van der Waals surface area contributed by atoms with E-state index < -0.39 is 0 Å². The van der Waals surface area contributed by atoms with Crippen molar-refractivity contribution in [2.45, 2.75) is 32.7 Å². The molecule has 1 amide bonds. The quantitative estimate of drug-likeness (QED) is 0.554. The van der Waals surface area contributed by atoms with E-state index in [1.807, 2.05) is 36.9 Å². The molecule has 0 aliphatic carbocycles. The van der Waals surface area contributed by atoms with Gasteiger partial charge in [0.15, 0.2) is 5.65 Å². The molecule has 1 N–H and O–H groups in total. The van der Waals surface area contributed by atoms with Gasteiger partial charge in [0.2, 0.25) is 5.91 Å². The van der Waals surface area contributed by atoms with E-state index in [4.69, 9.17) is 0 Å². The van der Waals surface area contributed by atoms with Crippen molar-refractivity contribution in [1.29, 1.82) is 0 Å². The molecule has 4 heterocycles. The molecule has 0 saturated heterocycles. The maximum Gasteiger partial charge on any atom is 0.266 e. The minimum Gasteiger partial charge on any atom is -0.331 e. The Kier molecular flexibility index (Phi) is 4.55. The fraction of sp³-hybridized carbons (Fsp3) is 0.261. The summed E-state index contributed by atoms with van der Waals surface area (Å²) in [5.41, 5.74) is 5.22. The summed E-state index contributed by atoms with van der Waals surface area (Å²) >= 11 is 1.77. The van der Waals surface area contributed by atoms with Crippen LogP contribution in [0.15, 0.2) is 52.6 Å². The van der Waals surface area contributed by atoms with E-state index in [1.165, 1.54) is 16.5 Å². The summed E-state index contributed by atoms with van der Waals surface area (Å²) in [7, 11) is 0. The van der Waals surface area contributed by atoms with Crippen LogP contribution >= 0.6 is 11.3 Å². The van der Waals surface area contributed by atoms with Gasteiger partial charge in [-0.05, 0) is 42.8 Å². The molecule has 30 heavy (non-hydrogen) atoms. The van der Waals surface area contributed by atoms with Crippen LogP contribution in [0.25, 0.3) is 5.65 Å². The van der Waals surface area contributed by atoms with Crippen molar-refractivity contribution < 1.29 is 4.79 Å². The van der Waals surface area contributed by atoms with Crippen molar-refractivity contribution in [3.63, 3.8) is 0 Å². The van der Waals surface area contributed by atoms with Gasteiger partial charge in [0.25, 0.3) is 5.56 Å². The SMILES string of the molecule is Cc1nc2cc(=O)[nH]n2c(C)c1CC(=O)N1CCc2sccc2C1c1ccccc1. The van der Waals surface area contributed by atoms with Crippen LogP contribution in [-0.2, 0) is 17.6 Å². The van der Waals surface area contributed by atoms with Gasteiger partial charge >= 0.3 is 0 Å². The first-order chi connectivity index (χ1) is 14.5. The van der Waals surface area contributed by atoms with Crippen LogP contribution in [0.5, 0.6) is 0 Å². The number of thiophene rings is 1. The Balaban J connectivity index is 1.53. The summed E-state index contributed by atoms with van der Waals surface area (Å²) in [6, 6.07) is 13.8. The van der Waals surface area contributed by atoms with E-state index >= 15 is 0 Å². The van der Waals surface area contributed by atoms with Crippen molar-refractivity contribution >= 4 is 22.9 Å². The number of amides is 1. The first-order valence-corrected chi connectivity index (χ1v) is 10.9. The first-order valence-electron chi connectivity index (χ1n) is 10.0. The Morgan fingerprint density at radius 1 is 1.23 bits per heavy atom. The first kappa shape index (κ1) is 18.8. The predicted octanol–water partition coefficient (Wildman–Crippen LogP) is 3.42. The maximum absolute atomic E-state index is 13.5. The lowest BCUT2D eigenvalue weighted by atomic mass is 9.92. The second kappa shape index (κ2) is 7.25. The molecule has 0 saturated carbocycles. The highest BCUT2D eigenvalue weighted by Crippen LogP contribution is 2.38. The molecule has 1 unspecified atom stereocenters. The van der Waals surface area contributed by atoms with E-state index in [0.29, 0.717) is 12.2 Å². The van der Waals surface area contributed by atoms with Gasteiger partial charge in [-0.2, -0.15) is 0 Å². The van der Waals surface area contributed by atoms with Gasteiger partial charge in [0.05, 0.1) is 12.5 Å². The fourth-order valence-electron chi connectivity index (χ4n) is 4.44. The molecule has 3 aromatic heterocycles. The number of aromatic amines is 1. The van der Waals surface area contributed by atoms with Crippen molar-refractivity contribution in [2.75, 3.05) is 6.54 Å². The Labute approximate surface area is 177 Å². The molecular weight excluding hydrogens is 396 g/mol. The van der Waals surface area contributed by atoms with Crippen molar-refractivity contribution in [3.05, 3.63) is 91.2 Å². The van der Waals surface area contributed by atoms with Gasteiger partial charge in [-0.25, -0.2) is 9.50 Å². The highest BCUT2D eigenvalue weighted by Gasteiger charge is 2.33. The van der Waals surface area contributed by atoms with E-state index in [1.54, 1.807) is 15.9 Å². The van der Waals surface area contributed by atoms with Gasteiger partial charge in [-0.1, -0.05) is 30.3 Å². The van der Waals surface area contributed by atoms with Crippen LogP contribution in [0, 0.1) is 13.8 Å². The minimum atomic E-state index is -0.196. The molecule has 5 rings (SSSR count). The number of carbonyl (C=O) groups is 1. The van der Waals surface area contributed by atoms with Gasteiger partial charge in [0.1, 0.15) is 0 Å². The van der Waals surface area contributed by atoms with Gasteiger partial charge < -0.3 is 4.90 Å². The molecule has 0 bridgehead atoms. The Hall–Kier alpha value is -3.19. The number of aromatic nitrogens is 3. The fourth-order valence-corrected chi connectivity index (χ4v) is 5.35. The summed E-state index contributed by atoms with van der Waals surface area (Å²) in [5, 5.41) is 4.88. The third-order valence-corrected chi connectivity index (χ3v) is 6.93. The number of benzene rings is 1. The Morgan fingerprint density at radius 2 is 2.03 bits per heavy atom.